The van der Waals surface area contributed by atoms with Crippen LogP contribution in [0.1, 0.15) is 18.3 Å². The number of anilines is 3. The number of nitrogens with two attached hydrogens (primary N) is 1. The molecule has 0 saturated heterocycles. The molecule has 1 heterocycles. The quantitative estimate of drug-likeness (QED) is 0.519. The largest absolute Gasteiger partial charge is 0.486 e. The van der Waals surface area contributed by atoms with Crippen molar-refractivity contribution >= 4 is 28.4 Å². The summed E-state index contributed by atoms with van der Waals surface area (Å²) in [7, 11) is 0. The Morgan fingerprint density at radius 3 is 2.54 bits per heavy atom. The number of hydrogen-bond donors (Lipinski definition) is 2. The first-order chi connectivity index (χ1) is 13.7. The number of ether oxygens (including phenoxy) is 1. The summed E-state index contributed by atoms with van der Waals surface area (Å²) in [5.74, 6) is 1.79. The van der Waals surface area contributed by atoms with Crippen molar-refractivity contribution in [2.75, 3.05) is 11.1 Å². The third-order valence-electron chi connectivity index (χ3n) is 4.43. The van der Waals surface area contributed by atoms with Crippen LogP contribution in [0.5, 0.6) is 5.75 Å². The number of aryl methyl sites for hydroxylation is 1. The van der Waals surface area contributed by atoms with Crippen LogP contribution in [0, 0.1) is 0 Å². The van der Waals surface area contributed by atoms with E-state index in [4.69, 9.17) is 10.5 Å². The SMILES string of the molecule is CCc1ccccc1Nc1nc(N)nc(COc2ccc3ccccc3c2)n1. The predicted molar refractivity (Wildman–Crippen MR) is 112 cm³/mol. The lowest BCUT2D eigenvalue weighted by atomic mass is 10.1. The predicted octanol–water partition coefficient (Wildman–Crippen LogP) is 4.49. The Balaban J connectivity index is 1.51. The Kier molecular flexibility index (Phi) is 5.01. The second-order valence-electron chi connectivity index (χ2n) is 6.37. The van der Waals surface area contributed by atoms with Gasteiger partial charge in [-0.3, -0.25) is 0 Å². The van der Waals surface area contributed by atoms with E-state index in [0.717, 1.165) is 23.2 Å². The second kappa shape index (κ2) is 7.92. The topological polar surface area (TPSA) is 86.0 Å². The van der Waals surface area contributed by atoms with E-state index in [9.17, 15) is 0 Å². The smallest absolute Gasteiger partial charge is 0.232 e. The maximum atomic E-state index is 5.87. The highest BCUT2D eigenvalue weighted by Crippen LogP contribution is 2.22. The van der Waals surface area contributed by atoms with E-state index in [-0.39, 0.29) is 12.6 Å². The molecule has 28 heavy (non-hydrogen) atoms. The first-order valence-electron chi connectivity index (χ1n) is 9.18. The van der Waals surface area contributed by atoms with Crippen molar-refractivity contribution < 1.29 is 4.74 Å². The number of nitrogens with one attached hydrogen (secondary N) is 1. The monoisotopic (exact) mass is 371 g/mol. The van der Waals surface area contributed by atoms with Crippen molar-refractivity contribution in [3.63, 3.8) is 0 Å². The molecule has 4 rings (SSSR count). The van der Waals surface area contributed by atoms with Crippen molar-refractivity contribution in [2.24, 2.45) is 0 Å². The summed E-state index contributed by atoms with van der Waals surface area (Å²) in [5, 5.41) is 5.52. The van der Waals surface area contributed by atoms with Crippen LogP contribution in [0.4, 0.5) is 17.6 Å². The highest BCUT2D eigenvalue weighted by atomic mass is 16.5. The average molecular weight is 371 g/mol. The Morgan fingerprint density at radius 2 is 1.68 bits per heavy atom. The fraction of sp³-hybridized carbons (Fsp3) is 0.136. The fourth-order valence-corrected chi connectivity index (χ4v) is 3.03. The molecular formula is C22H21N5O. The maximum Gasteiger partial charge on any atom is 0.232 e. The molecule has 140 valence electrons. The van der Waals surface area contributed by atoms with Crippen molar-refractivity contribution in [2.45, 2.75) is 20.0 Å². The minimum Gasteiger partial charge on any atom is -0.486 e. The van der Waals surface area contributed by atoms with Crippen molar-refractivity contribution in [3.05, 3.63) is 78.1 Å². The first-order valence-corrected chi connectivity index (χ1v) is 9.18. The number of aromatic nitrogens is 3. The van der Waals surface area contributed by atoms with Crippen LogP contribution in [-0.4, -0.2) is 15.0 Å². The van der Waals surface area contributed by atoms with Gasteiger partial charge in [0.2, 0.25) is 11.9 Å². The van der Waals surface area contributed by atoms with Crippen molar-refractivity contribution in [1.29, 1.82) is 0 Å². The lowest BCUT2D eigenvalue weighted by Crippen LogP contribution is -2.10. The summed E-state index contributed by atoms with van der Waals surface area (Å²) >= 11 is 0. The number of fused-ring (bicyclic) bond motifs is 1. The molecule has 6 heteroatoms. The third-order valence-corrected chi connectivity index (χ3v) is 4.43. The van der Waals surface area contributed by atoms with Crippen molar-refractivity contribution in [3.8, 4) is 5.75 Å². The lowest BCUT2D eigenvalue weighted by molar-refractivity contribution is 0.296. The molecule has 3 aromatic carbocycles. The molecule has 0 aliphatic carbocycles. The zero-order chi connectivity index (χ0) is 19.3. The molecule has 0 bridgehead atoms. The van der Waals surface area contributed by atoms with Gasteiger partial charge in [-0.25, -0.2) is 0 Å². The average Bonchev–Trinajstić information content (AvgIpc) is 2.72. The van der Waals surface area contributed by atoms with E-state index >= 15 is 0 Å². The van der Waals surface area contributed by atoms with E-state index < -0.39 is 0 Å². The molecule has 0 aliphatic rings. The van der Waals surface area contributed by atoms with Gasteiger partial charge in [0, 0.05) is 5.69 Å². The van der Waals surface area contributed by atoms with Gasteiger partial charge in [0.05, 0.1) is 0 Å². The van der Waals surface area contributed by atoms with E-state index in [2.05, 4.69) is 45.4 Å². The van der Waals surface area contributed by atoms with Gasteiger partial charge in [-0.15, -0.1) is 0 Å². The molecule has 0 spiro atoms. The van der Waals surface area contributed by atoms with Gasteiger partial charge in [-0.05, 0) is 41.0 Å². The summed E-state index contributed by atoms with van der Waals surface area (Å²) in [5.41, 5.74) is 8.00. The molecule has 0 fully saturated rings. The molecule has 0 unspecified atom stereocenters. The highest BCUT2D eigenvalue weighted by Gasteiger charge is 2.08. The van der Waals surface area contributed by atoms with Crippen LogP contribution in [-0.2, 0) is 13.0 Å². The second-order valence-corrected chi connectivity index (χ2v) is 6.37. The maximum absolute atomic E-state index is 5.87. The molecule has 6 nitrogen and oxygen atoms in total. The molecule has 0 amide bonds. The molecule has 0 saturated carbocycles. The Labute approximate surface area is 163 Å². The van der Waals surface area contributed by atoms with Crippen LogP contribution in [0.2, 0.25) is 0 Å². The number of nitrogens with zero attached hydrogens (tertiary/aromatic N) is 3. The zero-order valence-corrected chi connectivity index (χ0v) is 15.6. The van der Waals surface area contributed by atoms with Gasteiger partial charge >= 0.3 is 0 Å². The standard InChI is InChI=1S/C22H21N5O/c1-2-15-7-5-6-10-19(15)24-22-26-20(25-21(23)27-22)14-28-18-12-11-16-8-3-4-9-17(16)13-18/h3-13H,2,14H2,1H3,(H3,23,24,25,26,27). The van der Waals surface area contributed by atoms with E-state index in [1.54, 1.807) is 0 Å². The Morgan fingerprint density at radius 1 is 0.893 bits per heavy atom. The zero-order valence-electron chi connectivity index (χ0n) is 15.6. The summed E-state index contributed by atoms with van der Waals surface area (Å²) in [6.07, 6.45) is 0.904. The molecule has 0 atom stereocenters. The van der Waals surface area contributed by atoms with Gasteiger partial charge in [0.15, 0.2) is 5.82 Å². The van der Waals surface area contributed by atoms with Gasteiger partial charge in [-0.2, -0.15) is 15.0 Å². The number of rotatable bonds is 6. The number of benzene rings is 3. The lowest BCUT2D eigenvalue weighted by Gasteiger charge is -2.11. The summed E-state index contributed by atoms with van der Waals surface area (Å²) in [6, 6.07) is 22.1. The summed E-state index contributed by atoms with van der Waals surface area (Å²) < 4.78 is 5.87. The molecule has 0 radical (unpaired) electrons. The van der Waals surface area contributed by atoms with Crippen LogP contribution in [0.3, 0.4) is 0 Å². The minimum absolute atomic E-state index is 0.156. The molecule has 3 N–H and O–H groups in total. The van der Waals surface area contributed by atoms with E-state index in [1.807, 2.05) is 48.5 Å². The number of para-hydroxylation sites is 1. The molecular weight excluding hydrogens is 350 g/mol. The van der Waals surface area contributed by atoms with Crippen molar-refractivity contribution in [1.82, 2.24) is 15.0 Å². The van der Waals surface area contributed by atoms with Crippen LogP contribution in [0.25, 0.3) is 10.8 Å². The molecule has 1 aromatic heterocycles. The first kappa shape index (κ1) is 17.7. The fourth-order valence-electron chi connectivity index (χ4n) is 3.03. The van der Waals surface area contributed by atoms with Crippen LogP contribution < -0.4 is 15.8 Å². The number of hydrogen-bond acceptors (Lipinski definition) is 6. The van der Waals surface area contributed by atoms with Gasteiger partial charge in [0.25, 0.3) is 0 Å². The number of nitrogen functional groups attached to an aromatic ring is 1. The van der Waals surface area contributed by atoms with Gasteiger partial charge in [-0.1, -0.05) is 55.5 Å². The van der Waals surface area contributed by atoms with E-state index in [1.165, 1.54) is 10.9 Å². The Hall–Kier alpha value is -3.67. The molecule has 4 aromatic rings. The van der Waals surface area contributed by atoms with Crippen LogP contribution in [0.15, 0.2) is 66.7 Å². The van der Waals surface area contributed by atoms with Gasteiger partial charge < -0.3 is 15.8 Å². The molecule has 0 aliphatic heterocycles. The summed E-state index contributed by atoms with van der Waals surface area (Å²) in [4.78, 5) is 12.8. The summed E-state index contributed by atoms with van der Waals surface area (Å²) in [6.45, 7) is 2.31. The Bertz CT molecular complexity index is 1110. The highest BCUT2D eigenvalue weighted by molar-refractivity contribution is 5.83. The third kappa shape index (κ3) is 4.01. The van der Waals surface area contributed by atoms with E-state index in [0.29, 0.717) is 11.8 Å². The van der Waals surface area contributed by atoms with Gasteiger partial charge in [0.1, 0.15) is 12.4 Å². The normalized spacial score (nSPS) is 10.8. The van der Waals surface area contributed by atoms with Crippen LogP contribution >= 0.6 is 0 Å². The minimum atomic E-state index is 0.156.